The minimum Gasteiger partial charge on any atom is -0.379 e. The fourth-order valence-corrected chi connectivity index (χ4v) is 5.98. The molecule has 0 spiro atoms. The summed E-state index contributed by atoms with van der Waals surface area (Å²) in [5, 5.41) is 14.2. The van der Waals surface area contributed by atoms with Crippen LogP contribution in [0, 0.1) is 6.92 Å². The van der Waals surface area contributed by atoms with Gasteiger partial charge in [-0.2, -0.15) is 0 Å². The van der Waals surface area contributed by atoms with Crippen LogP contribution in [0.4, 0.5) is 0 Å². The van der Waals surface area contributed by atoms with Crippen molar-refractivity contribution in [3.8, 4) is 0 Å². The number of fused-ring (bicyclic) bond motifs is 1. The van der Waals surface area contributed by atoms with E-state index < -0.39 is 0 Å². The maximum Gasteiger partial charge on any atom is 0.252 e. The molecule has 2 aromatic heterocycles. The van der Waals surface area contributed by atoms with E-state index in [4.69, 9.17) is 4.74 Å². The summed E-state index contributed by atoms with van der Waals surface area (Å²) < 4.78 is 7.62. The maximum absolute atomic E-state index is 13.1. The molecule has 1 saturated heterocycles. The van der Waals surface area contributed by atoms with Gasteiger partial charge in [-0.1, -0.05) is 37.8 Å². The third-order valence-corrected chi connectivity index (χ3v) is 8.04. The Morgan fingerprint density at radius 3 is 2.76 bits per heavy atom. The van der Waals surface area contributed by atoms with Crippen molar-refractivity contribution in [1.82, 2.24) is 35.0 Å². The first kappa shape index (κ1) is 26.0. The highest BCUT2D eigenvalue weighted by atomic mass is 16.5. The van der Waals surface area contributed by atoms with Gasteiger partial charge < -0.3 is 9.72 Å². The topological polar surface area (TPSA) is 92.2 Å². The van der Waals surface area contributed by atoms with E-state index in [9.17, 15) is 4.79 Å². The summed E-state index contributed by atoms with van der Waals surface area (Å²) in [6.07, 6.45) is 7.93. The van der Waals surface area contributed by atoms with Gasteiger partial charge >= 0.3 is 0 Å². The van der Waals surface area contributed by atoms with E-state index in [1.54, 1.807) is 0 Å². The summed E-state index contributed by atoms with van der Waals surface area (Å²) in [6, 6.07) is 8.65. The van der Waals surface area contributed by atoms with Crippen LogP contribution in [0.25, 0.3) is 10.9 Å². The van der Waals surface area contributed by atoms with E-state index in [0.29, 0.717) is 12.6 Å². The molecule has 1 atom stereocenters. The largest absolute Gasteiger partial charge is 0.379 e. The zero-order chi connectivity index (χ0) is 25.6. The fraction of sp³-hybridized carbons (Fsp3) is 0.643. The van der Waals surface area contributed by atoms with Crippen molar-refractivity contribution in [3.63, 3.8) is 0 Å². The highest BCUT2D eigenvalue weighted by Gasteiger charge is 2.29. The summed E-state index contributed by atoms with van der Waals surface area (Å²) in [5.41, 5.74) is 2.84. The predicted octanol–water partition coefficient (Wildman–Crippen LogP) is 4.00. The normalized spacial score (nSPS) is 18.6. The minimum absolute atomic E-state index is 0.0174. The van der Waals surface area contributed by atoms with E-state index in [1.165, 1.54) is 24.8 Å². The Morgan fingerprint density at radius 1 is 1.16 bits per heavy atom. The molecule has 0 amide bonds. The van der Waals surface area contributed by atoms with Crippen molar-refractivity contribution >= 4 is 10.9 Å². The lowest BCUT2D eigenvalue weighted by Crippen LogP contribution is -2.39. The maximum atomic E-state index is 13.1. The van der Waals surface area contributed by atoms with Gasteiger partial charge in [0.15, 0.2) is 5.82 Å². The van der Waals surface area contributed by atoms with Crippen molar-refractivity contribution in [1.29, 1.82) is 0 Å². The van der Waals surface area contributed by atoms with Crippen molar-refractivity contribution in [2.75, 3.05) is 39.4 Å². The van der Waals surface area contributed by atoms with Crippen LogP contribution in [-0.2, 0) is 11.3 Å². The van der Waals surface area contributed by atoms with E-state index in [1.807, 2.05) is 12.1 Å². The molecular formula is C28H41N7O2. The van der Waals surface area contributed by atoms with Gasteiger partial charge in [0.25, 0.3) is 5.56 Å². The Hall–Kier alpha value is -2.62. The molecule has 9 heteroatoms. The number of aromatic nitrogens is 5. The number of nitrogens with zero attached hydrogens (tertiary/aromatic N) is 6. The Morgan fingerprint density at radius 2 is 1.97 bits per heavy atom. The number of benzene rings is 1. The number of aromatic amines is 1. The highest BCUT2D eigenvalue weighted by molar-refractivity contribution is 5.79. The van der Waals surface area contributed by atoms with Crippen LogP contribution in [0.2, 0.25) is 0 Å². The molecule has 0 bridgehead atoms. The van der Waals surface area contributed by atoms with Crippen LogP contribution in [-0.4, -0.2) is 74.4 Å². The number of hydrogen-bond acceptors (Lipinski definition) is 7. The lowest BCUT2D eigenvalue weighted by atomic mass is 9.95. The zero-order valence-electron chi connectivity index (χ0n) is 22.4. The predicted molar refractivity (Wildman–Crippen MR) is 145 cm³/mol. The molecule has 3 heterocycles. The van der Waals surface area contributed by atoms with Crippen LogP contribution in [0.3, 0.4) is 0 Å². The number of ether oxygens (including phenoxy) is 1. The number of morpholine rings is 1. The van der Waals surface area contributed by atoms with Crippen molar-refractivity contribution in [2.45, 2.75) is 77.4 Å². The smallest absolute Gasteiger partial charge is 0.252 e. The van der Waals surface area contributed by atoms with Gasteiger partial charge in [-0.15, -0.1) is 5.10 Å². The SMILES string of the molecule is CC[C@@H](c1nnnn1C1CCCCC1)N(CCCN1CCOCC1)Cc1cc2cc(C)ccc2[nH]c1=O. The number of H-pyrrole nitrogens is 1. The standard InChI is InChI=1S/C28H41N7O2/c1-3-26(27-30-31-32-35(27)24-8-5-4-6-9-24)34(13-7-12-33-14-16-37-17-15-33)20-23-19-22-18-21(2)10-11-25(22)29-28(23)36/h10-11,18-19,24,26H,3-9,12-17,20H2,1-2H3,(H,29,36)/t26-/m0/s1. The lowest BCUT2D eigenvalue weighted by molar-refractivity contribution is 0.0348. The van der Waals surface area contributed by atoms with Gasteiger partial charge in [0.05, 0.1) is 25.3 Å². The summed E-state index contributed by atoms with van der Waals surface area (Å²) in [5.74, 6) is 0.939. The highest BCUT2D eigenvalue weighted by Crippen LogP contribution is 2.32. The Kier molecular flexibility index (Phi) is 8.63. The van der Waals surface area contributed by atoms with Gasteiger partial charge in [0.1, 0.15) is 0 Å². The van der Waals surface area contributed by atoms with E-state index >= 15 is 0 Å². The zero-order valence-corrected chi connectivity index (χ0v) is 22.4. The molecule has 9 nitrogen and oxygen atoms in total. The molecule has 1 aliphatic carbocycles. The van der Waals surface area contributed by atoms with E-state index in [-0.39, 0.29) is 11.6 Å². The van der Waals surface area contributed by atoms with E-state index in [0.717, 1.165) is 87.4 Å². The Balaban J connectivity index is 1.41. The molecule has 1 aliphatic heterocycles. The average Bonchev–Trinajstić information content (AvgIpc) is 3.40. The average molecular weight is 508 g/mol. The van der Waals surface area contributed by atoms with Crippen molar-refractivity contribution in [2.24, 2.45) is 0 Å². The first-order chi connectivity index (χ1) is 18.1. The quantitative estimate of drug-likeness (QED) is 0.443. The second-order valence-corrected chi connectivity index (χ2v) is 10.7. The second-order valence-electron chi connectivity index (χ2n) is 10.7. The monoisotopic (exact) mass is 507 g/mol. The van der Waals surface area contributed by atoms with Gasteiger partial charge in [-0.05, 0) is 73.2 Å². The number of pyridine rings is 1. The molecule has 2 aliphatic rings. The molecule has 0 unspecified atom stereocenters. The molecule has 1 N–H and O–H groups in total. The third-order valence-electron chi connectivity index (χ3n) is 8.04. The van der Waals surface area contributed by atoms with Crippen LogP contribution in [0.5, 0.6) is 0 Å². The lowest BCUT2D eigenvalue weighted by Gasteiger charge is -2.33. The van der Waals surface area contributed by atoms with Crippen LogP contribution >= 0.6 is 0 Å². The van der Waals surface area contributed by atoms with E-state index in [2.05, 4.69) is 61.0 Å². The number of tetrazole rings is 1. The number of nitrogens with one attached hydrogen (secondary N) is 1. The number of rotatable bonds is 10. The molecular weight excluding hydrogens is 466 g/mol. The first-order valence-electron chi connectivity index (χ1n) is 14.1. The van der Waals surface area contributed by atoms with Crippen molar-refractivity contribution in [3.05, 3.63) is 51.6 Å². The van der Waals surface area contributed by atoms with Crippen LogP contribution in [0.1, 0.15) is 80.9 Å². The minimum atomic E-state index is -0.0174. The number of aryl methyl sites for hydroxylation is 1. The summed E-state index contributed by atoms with van der Waals surface area (Å²) >= 11 is 0. The second kappa shape index (κ2) is 12.3. The van der Waals surface area contributed by atoms with Gasteiger partial charge in [-0.3, -0.25) is 14.6 Å². The number of hydrogen-bond donors (Lipinski definition) is 1. The van der Waals surface area contributed by atoms with Crippen LogP contribution in [0.15, 0.2) is 29.1 Å². The van der Waals surface area contributed by atoms with Gasteiger partial charge in [0.2, 0.25) is 0 Å². The van der Waals surface area contributed by atoms with Gasteiger partial charge in [-0.25, -0.2) is 4.68 Å². The van der Waals surface area contributed by atoms with Gasteiger partial charge in [0, 0.05) is 37.3 Å². The Labute approximate surface area is 219 Å². The fourth-order valence-electron chi connectivity index (χ4n) is 5.98. The molecule has 200 valence electrons. The molecule has 37 heavy (non-hydrogen) atoms. The third kappa shape index (κ3) is 6.27. The molecule has 5 rings (SSSR count). The Bertz CT molecular complexity index is 1210. The van der Waals surface area contributed by atoms with Crippen LogP contribution < -0.4 is 5.56 Å². The summed E-state index contributed by atoms with van der Waals surface area (Å²) in [6.45, 7) is 10.3. The molecule has 3 aromatic rings. The molecule has 1 saturated carbocycles. The molecule has 2 fully saturated rings. The molecule has 1 aromatic carbocycles. The molecule has 0 radical (unpaired) electrons. The summed E-state index contributed by atoms with van der Waals surface area (Å²) in [7, 11) is 0. The first-order valence-corrected chi connectivity index (χ1v) is 14.1. The summed E-state index contributed by atoms with van der Waals surface area (Å²) in [4.78, 5) is 21.1. The van der Waals surface area contributed by atoms with Crippen molar-refractivity contribution < 1.29 is 4.74 Å².